The summed E-state index contributed by atoms with van der Waals surface area (Å²) in [6.45, 7) is 0. The van der Waals surface area contributed by atoms with Crippen molar-refractivity contribution in [1.82, 2.24) is 34.9 Å². The van der Waals surface area contributed by atoms with Gasteiger partial charge in [0.05, 0.1) is 29.1 Å². The molecule has 30 heavy (non-hydrogen) atoms. The van der Waals surface area contributed by atoms with Crippen LogP contribution in [-0.4, -0.2) is 34.9 Å². The van der Waals surface area contributed by atoms with Crippen molar-refractivity contribution in [2.45, 2.75) is 24.7 Å². The Morgan fingerprint density at radius 1 is 1.03 bits per heavy atom. The van der Waals surface area contributed by atoms with Crippen molar-refractivity contribution in [3.05, 3.63) is 66.5 Å². The SMILES string of the molecule is Cn1cc(-c2nc(C3(c4ccc(-c5cnc6[nH]ccc6n5)cc4)CCC3)no2)cn1. The van der Waals surface area contributed by atoms with E-state index in [2.05, 4.69) is 49.5 Å². The zero-order valence-corrected chi connectivity index (χ0v) is 16.4. The molecule has 8 heteroatoms. The largest absolute Gasteiger partial charge is 0.345 e. The number of benzene rings is 1. The second-order valence-corrected chi connectivity index (χ2v) is 7.81. The molecule has 0 aliphatic heterocycles. The van der Waals surface area contributed by atoms with Gasteiger partial charge in [0.2, 0.25) is 0 Å². The van der Waals surface area contributed by atoms with E-state index in [0.717, 1.165) is 53.1 Å². The number of H-pyrrole nitrogens is 1. The highest BCUT2D eigenvalue weighted by Crippen LogP contribution is 2.48. The first-order valence-electron chi connectivity index (χ1n) is 9.96. The van der Waals surface area contributed by atoms with Gasteiger partial charge in [-0.15, -0.1) is 0 Å². The van der Waals surface area contributed by atoms with Crippen molar-refractivity contribution < 1.29 is 4.52 Å². The molecule has 0 spiro atoms. The van der Waals surface area contributed by atoms with Crippen molar-refractivity contribution in [2.75, 3.05) is 0 Å². The van der Waals surface area contributed by atoms with Crippen LogP contribution in [0.3, 0.4) is 0 Å². The maximum absolute atomic E-state index is 5.56. The van der Waals surface area contributed by atoms with Crippen LogP contribution in [0.2, 0.25) is 0 Å². The number of fused-ring (bicyclic) bond motifs is 1. The van der Waals surface area contributed by atoms with Crippen LogP contribution in [0.1, 0.15) is 30.7 Å². The van der Waals surface area contributed by atoms with Crippen molar-refractivity contribution in [1.29, 1.82) is 0 Å². The molecule has 0 unspecified atom stereocenters. The van der Waals surface area contributed by atoms with E-state index in [1.807, 2.05) is 25.5 Å². The lowest BCUT2D eigenvalue weighted by atomic mass is 9.64. The molecule has 6 rings (SSSR count). The van der Waals surface area contributed by atoms with Crippen LogP contribution in [0.25, 0.3) is 33.9 Å². The van der Waals surface area contributed by atoms with E-state index < -0.39 is 0 Å². The number of aromatic amines is 1. The molecule has 0 bridgehead atoms. The van der Waals surface area contributed by atoms with Crippen LogP contribution >= 0.6 is 0 Å². The van der Waals surface area contributed by atoms with Gasteiger partial charge in [-0.3, -0.25) is 4.68 Å². The molecule has 8 nitrogen and oxygen atoms in total. The fourth-order valence-electron chi connectivity index (χ4n) is 4.17. The molecule has 4 heterocycles. The minimum Gasteiger partial charge on any atom is -0.345 e. The molecule has 1 aromatic carbocycles. The molecule has 1 saturated carbocycles. The quantitative estimate of drug-likeness (QED) is 0.494. The van der Waals surface area contributed by atoms with Crippen LogP contribution < -0.4 is 0 Å². The van der Waals surface area contributed by atoms with Crippen LogP contribution in [0.5, 0.6) is 0 Å². The third-order valence-corrected chi connectivity index (χ3v) is 6.01. The van der Waals surface area contributed by atoms with Crippen molar-refractivity contribution >= 4 is 11.2 Å². The molecular formula is C22H19N7O. The fraction of sp³-hybridized carbons (Fsp3) is 0.227. The Labute approximate surface area is 172 Å². The molecule has 5 aromatic rings. The Kier molecular flexibility index (Phi) is 3.61. The Morgan fingerprint density at radius 2 is 1.90 bits per heavy atom. The van der Waals surface area contributed by atoms with E-state index in [1.54, 1.807) is 17.1 Å². The third kappa shape index (κ3) is 2.57. The second kappa shape index (κ2) is 6.35. The van der Waals surface area contributed by atoms with E-state index in [0.29, 0.717) is 5.89 Å². The fourth-order valence-corrected chi connectivity index (χ4v) is 4.17. The summed E-state index contributed by atoms with van der Waals surface area (Å²) < 4.78 is 7.28. The number of hydrogen-bond donors (Lipinski definition) is 1. The molecule has 1 aliphatic rings. The maximum Gasteiger partial charge on any atom is 0.261 e. The molecule has 4 aromatic heterocycles. The van der Waals surface area contributed by atoms with E-state index in [1.165, 1.54) is 5.56 Å². The topological polar surface area (TPSA) is 98.3 Å². The summed E-state index contributed by atoms with van der Waals surface area (Å²) in [5.41, 5.74) is 5.39. The summed E-state index contributed by atoms with van der Waals surface area (Å²) in [4.78, 5) is 16.9. The van der Waals surface area contributed by atoms with Gasteiger partial charge in [0, 0.05) is 25.0 Å². The highest BCUT2D eigenvalue weighted by atomic mass is 16.5. The zero-order valence-electron chi connectivity index (χ0n) is 16.4. The number of aromatic nitrogens is 7. The molecule has 0 amide bonds. The smallest absolute Gasteiger partial charge is 0.261 e. The molecule has 148 valence electrons. The lowest BCUT2D eigenvalue weighted by Gasteiger charge is -2.39. The lowest BCUT2D eigenvalue weighted by molar-refractivity contribution is 0.273. The monoisotopic (exact) mass is 397 g/mol. The Balaban J connectivity index is 1.34. The molecule has 1 fully saturated rings. The summed E-state index contributed by atoms with van der Waals surface area (Å²) in [7, 11) is 1.87. The predicted octanol–water partition coefficient (Wildman–Crippen LogP) is 3.88. The van der Waals surface area contributed by atoms with Gasteiger partial charge in [-0.1, -0.05) is 35.8 Å². The van der Waals surface area contributed by atoms with Gasteiger partial charge in [-0.05, 0) is 24.5 Å². The van der Waals surface area contributed by atoms with Crippen molar-refractivity contribution in [2.24, 2.45) is 7.05 Å². The summed E-state index contributed by atoms with van der Waals surface area (Å²) in [5, 5.41) is 8.52. The van der Waals surface area contributed by atoms with Crippen molar-refractivity contribution in [3.8, 4) is 22.7 Å². The van der Waals surface area contributed by atoms with Crippen LogP contribution in [0.15, 0.2) is 59.6 Å². The molecule has 1 N–H and O–H groups in total. The normalized spacial score (nSPS) is 15.4. The minimum absolute atomic E-state index is 0.196. The third-order valence-electron chi connectivity index (χ3n) is 6.01. The molecular weight excluding hydrogens is 378 g/mol. The second-order valence-electron chi connectivity index (χ2n) is 7.81. The van der Waals surface area contributed by atoms with Gasteiger partial charge in [0.15, 0.2) is 11.5 Å². The van der Waals surface area contributed by atoms with E-state index in [-0.39, 0.29) is 5.41 Å². The number of rotatable bonds is 4. The van der Waals surface area contributed by atoms with Gasteiger partial charge in [-0.2, -0.15) is 10.1 Å². The molecule has 0 saturated heterocycles. The average Bonchev–Trinajstić information content (AvgIpc) is 3.48. The summed E-state index contributed by atoms with van der Waals surface area (Å²) >= 11 is 0. The molecule has 0 atom stereocenters. The minimum atomic E-state index is -0.196. The zero-order chi connectivity index (χ0) is 20.1. The van der Waals surface area contributed by atoms with Gasteiger partial charge in [0.1, 0.15) is 5.52 Å². The van der Waals surface area contributed by atoms with Crippen molar-refractivity contribution in [3.63, 3.8) is 0 Å². The first kappa shape index (κ1) is 17.1. The lowest BCUT2D eigenvalue weighted by Crippen LogP contribution is -2.36. The highest BCUT2D eigenvalue weighted by molar-refractivity contribution is 5.74. The Morgan fingerprint density at radius 3 is 2.63 bits per heavy atom. The average molecular weight is 397 g/mol. The first-order chi connectivity index (χ1) is 14.7. The number of hydrogen-bond acceptors (Lipinski definition) is 6. The number of nitrogens with zero attached hydrogens (tertiary/aromatic N) is 6. The maximum atomic E-state index is 5.56. The number of aryl methyl sites for hydroxylation is 1. The van der Waals surface area contributed by atoms with Crippen LogP contribution in [0, 0.1) is 0 Å². The van der Waals surface area contributed by atoms with Gasteiger partial charge in [0.25, 0.3) is 5.89 Å². The predicted molar refractivity (Wildman–Crippen MR) is 110 cm³/mol. The highest BCUT2D eigenvalue weighted by Gasteiger charge is 2.44. The van der Waals surface area contributed by atoms with Crippen LogP contribution in [0.4, 0.5) is 0 Å². The van der Waals surface area contributed by atoms with Gasteiger partial charge in [-0.25, -0.2) is 9.97 Å². The van der Waals surface area contributed by atoms with E-state index >= 15 is 0 Å². The Hall–Kier alpha value is -3.81. The van der Waals surface area contributed by atoms with E-state index in [9.17, 15) is 0 Å². The summed E-state index contributed by atoms with van der Waals surface area (Å²) in [6, 6.07) is 10.4. The number of nitrogens with one attached hydrogen (secondary N) is 1. The Bertz CT molecular complexity index is 1340. The van der Waals surface area contributed by atoms with E-state index in [4.69, 9.17) is 9.51 Å². The summed E-state index contributed by atoms with van der Waals surface area (Å²) in [6.07, 6.45) is 10.4. The van der Waals surface area contributed by atoms with Gasteiger partial charge < -0.3 is 9.51 Å². The van der Waals surface area contributed by atoms with Crippen LogP contribution in [-0.2, 0) is 12.5 Å². The standard InChI is InChI=1S/C22H19N7O/c1-29-13-15(11-25-29)20-27-21(28-30-20)22(8-2-9-22)16-5-3-14(4-6-16)18-12-24-19-17(26-18)7-10-23-19/h3-7,10-13H,2,8-9H2,1H3,(H,23,24). The first-order valence-corrected chi connectivity index (χ1v) is 9.96. The van der Waals surface area contributed by atoms with Gasteiger partial charge >= 0.3 is 0 Å². The summed E-state index contributed by atoms with van der Waals surface area (Å²) in [5.74, 6) is 1.25. The molecule has 0 radical (unpaired) electrons. The molecule has 1 aliphatic carbocycles.